The largest absolute Gasteiger partial charge is 0.480 e. The lowest BCUT2D eigenvalue weighted by molar-refractivity contribution is -0.137. The van der Waals surface area contributed by atoms with Crippen molar-refractivity contribution in [1.82, 2.24) is 4.74 Å². The Morgan fingerprint density at radius 3 is 2.50 bits per heavy atom. The number of carboxylic acids is 1. The third kappa shape index (κ3) is 3.49. The maximum absolute atomic E-state index is 11.7. The summed E-state index contributed by atoms with van der Waals surface area (Å²) in [5.74, 6) is -1.38. The Kier molecular flexibility index (Phi) is 4.77. The van der Waals surface area contributed by atoms with Crippen LogP contribution in [0.3, 0.4) is 0 Å². The van der Waals surface area contributed by atoms with E-state index >= 15 is 0 Å². The number of carboxylic acid groups (broad SMARTS) is 1. The highest BCUT2D eigenvalue weighted by atomic mass is 32.2. The summed E-state index contributed by atoms with van der Waals surface area (Å²) in [6, 6.07) is 1.21. The van der Waals surface area contributed by atoms with Crippen LogP contribution in [-0.2, 0) is 4.79 Å². The van der Waals surface area contributed by atoms with Gasteiger partial charge in [0.2, 0.25) is 0 Å². The van der Waals surface area contributed by atoms with Gasteiger partial charge in [0.1, 0.15) is 11.0 Å². The van der Waals surface area contributed by atoms with Gasteiger partial charge in [-0.15, -0.1) is 16.5 Å². The lowest BCUT2D eigenvalue weighted by atomic mass is 10.1. The quantitative estimate of drug-likeness (QED) is 0.868. The Morgan fingerprint density at radius 2 is 2.11 bits per heavy atom. The molecule has 0 aliphatic rings. The minimum atomic E-state index is -0.967. The van der Waals surface area contributed by atoms with Crippen molar-refractivity contribution in [3.63, 3.8) is 0 Å². The summed E-state index contributed by atoms with van der Waals surface area (Å²) in [6.07, 6.45) is 0. The molecule has 0 aliphatic heterocycles. The third-order valence-electron chi connectivity index (χ3n) is 2.22. The third-order valence-corrected chi connectivity index (χ3v) is 3.74. The molecule has 1 aromatic rings. The molecule has 6 nitrogen and oxygen atoms in total. The predicted octanol–water partition coefficient (Wildman–Crippen LogP) is 1.23. The Balaban J connectivity index is 2.69. The summed E-state index contributed by atoms with van der Waals surface area (Å²) in [6.45, 7) is 5.09. The molecule has 1 N–H and O–H groups in total. The number of aliphatic carboxylic acids is 1. The van der Waals surface area contributed by atoms with Gasteiger partial charge in [-0.25, -0.2) is 0 Å². The summed E-state index contributed by atoms with van der Waals surface area (Å²) in [4.78, 5) is 33.9. The number of rotatable bonds is 5. The van der Waals surface area contributed by atoms with Gasteiger partial charge < -0.3 is 9.63 Å². The van der Waals surface area contributed by atoms with E-state index in [0.717, 1.165) is 11.8 Å². The molecule has 0 saturated carbocycles. The molecule has 0 aliphatic carbocycles. The van der Waals surface area contributed by atoms with Gasteiger partial charge in [0.15, 0.2) is 0 Å². The number of carbonyl (C=O) groups excluding carboxylic acids is 1. The van der Waals surface area contributed by atoms with Crippen molar-refractivity contribution in [2.24, 2.45) is 5.92 Å². The number of carbonyl (C=O) groups is 2. The van der Waals surface area contributed by atoms with Gasteiger partial charge in [0.25, 0.3) is 11.5 Å². The second-order valence-corrected chi connectivity index (χ2v) is 5.32. The molecule has 0 spiro atoms. The topological polar surface area (TPSA) is 89.5 Å². The lowest BCUT2D eigenvalue weighted by Gasteiger charge is -2.14. The maximum Gasteiger partial charge on any atom is 0.316 e. The van der Waals surface area contributed by atoms with E-state index in [1.807, 2.05) is 0 Å². The van der Waals surface area contributed by atoms with Crippen molar-refractivity contribution < 1.29 is 19.2 Å². The second-order valence-electron chi connectivity index (χ2n) is 4.19. The number of hydrogen-bond acceptors (Lipinski definition) is 5. The van der Waals surface area contributed by atoms with E-state index in [9.17, 15) is 14.4 Å². The number of nitrogens with zero attached hydrogens (tertiary/aromatic N) is 1. The van der Waals surface area contributed by atoms with Gasteiger partial charge in [-0.3, -0.25) is 14.4 Å². The first-order valence-electron chi connectivity index (χ1n) is 5.40. The summed E-state index contributed by atoms with van der Waals surface area (Å²) in [5.41, 5.74) is -0.533. The van der Waals surface area contributed by atoms with Gasteiger partial charge in [-0.2, -0.15) is 0 Å². The fourth-order valence-electron chi connectivity index (χ4n) is 1.39. The van der Waals surface area contributed by atoms with Crippen LogP contribution in [0.2, 0.25) is 0 Å². The molecule has 100 valence electrons. The van der Waals surface area contributed by atoms with E-state index in [1.54, 1.807) is 20.8 Å². The van der Waals surface area contributed by atoms with Gasteiger partial charge in [-0.05, 0) is 12.8 Å². The summed E-state index contributed by atoms with van der Waals surface area (Å²) < 4.78 is 5.58. The highest BCUT2D eigenvalue weighted by molar-refractivity contribution is 8.01. The van der Waals surface area contributed by atoms with Crippen LogP contribution in [0.1, 0.15) is 24.4 Å². The van der Waals surface area contributed by atoms with Gasteiger partial charge in [0.05, 0.1) is 5.75 Å². The molecule has 1 atom stereocenters. The molecular formula is C11H15NO5S. The number of aryl methyl sites for hydroxylation is 1. The van der Waals surface area contributed by atoms with Crippen molar-refractivity contribution in [2.75, 3.05) is 5.75 Å². The molecule has 0 bridgehead atoms. The van der Waals surface area contributed by atoms with E-state index in [4.69, 9.17) is 9.63 Å². The molecule has 1 unspecified atom stereocenters. The van der Waals surface area contributed by atoms with Gasteiger partial charge in [0, 0.05) is 6.07 Å². The van der Waals surface area contributed by atoms with E-state index in [2.05, 4.69) is 0 Å². The van der Waals surface area contributed by atoms with E-state index in [1.165, 1.54) is 6.07 Å². The van der Waals surface area contributed by atoms with Crippen molar-refractivity contribution in [1.29, 1.82) is 0 Å². The highest BCUT2D eigenvalue weighted by Crippen LogP contribution is 2.19. The second kappa shape index (κ2) is 5.90. The Morgan fingerprint density at radius 1 is 1.50 bits per heavy atom. The zero-order valence-corrected chi connectivity index (χ0v) is 11.2. The number of hydrogen-bond donors (Lipinski definition) is 1. The van der Waals surface area contributed by atoms with Crippen molar-refractivity contribution in [3.05, 3.63) is 22.2 Å². The molecule has 0 fully saturated rings. The predicted molar refractivity (Wildman–Crippen MR) is 67.1 cm³/mol. The minimum Gasteiger partial charge on any atom is -0.480 e. The van der Waals surface area contributed by atoms with Gasteiger partial charge in [-0.1, -0.05) is 13.8 Å². The lowest BCUT2D eigenvalue weighted by Crippen LogP contribution is -2.28. The molecule has 1 aromatic heterocycles. The van der Waals surface area contributed by atoms with Crippen LogP contribution >= 0.6 is 11.8 Å². The smallest absolute Gasteiger partial charge is 0.316 e. The first-order valence-corrected chi connectivity index (χ1v) is 6.45. The monoisotopic (exact) mass is 273 g/mol. The molecule has 1 rings (SSSR count). The van der Waals surface area contributed by atoms with Crippen LogP contribution in [0.25, 0.3) is 0 Å². The average molecular weight is 273 g/mol. The van der Waals surface area contributed by atoms with Crippen LogP contribution < -0.4 is 5.56 Å². The Hall–Kier alpha value is -1.50. The Labute approximate surface area is 108 Å². The normalized spacial score (nSPS) is 12.7. The average Bonchev–Trinajstić information content (AvgIpc) is 2.56. The first-order chi connectivity index (χ1) is 8.32. The Bertz CT molecular complexity index is 502. The molecule has 0 amide bonds. The molecule has 7 heteroatoms. The zero-order chi connectivity index (χ0) is 13.9. The molecule has 0 saturated heterocycles. The van der Waals surface area contributed by atoms with Crippen molar-refractivity contribution >= 4 is 23.6 Å². The van der Waals surface area contributed by atoms with Crippen LogP contribution in [-0.4, -0.2) is 32.7 Å². The van der Waals surface area contributed by atoms with Crippen LogP contribution in [0.4, 0.5) is 0 Å². The number of thioether (sulfide) groups is 1. The molecule has 0 radical (unpaired) electrons. The summed E-state index contributed by atoms with van der Waals surface area (Å²) in [7, 11) is 0. The van der Waals surface area contributed by atoms with Crippen LogP contribution in [0.15, 0.2) is 15.4 Å². The van der Waals surface area contributed by atoms with Gasteiger partial charge >= 0.3 is 5.97 Å². The fraction of sp³-hybridized carbons (Fsp3) is 0.545. The molecule has 1 heterocycles. The number of aromatic nitrogens is 1. The summed E-state index contributed by atoms with van der Waals surface area (Å²) >= 11 is 0.990. The van der Waals surface area contributed by atoms with Crippen molar-refractivity contribution in [3.8, 4) is 0 Å². The van der Waals surface area contributed by atoms with E-state index in [-0.39, 0.29) is 11.7 Å². The molecule has 18 heavy (non-hydrogen) atoms. The van der Waals surface area contributed by atoms with Crippen molar-refractivity contribution in [2.45, 2.75) is 26.0 Å². The summed E-state index contributed by atoms with van der Waals surface area (Å²) in [5, 5.41) is 8.28. The van der Waals surface area contributed by atoms with Crippen LogP contribution in [0, 0.1) is 12.8 Å². The highest BCUT2D eigenvalue weighted by Gasteiger charge is 2.24. The van der Waals surface area contributed by atoms with Crippen LogP contribution in [0.5, 0.6) is 0 Å². The zero-order valence-electron chi connectivity index (χ0n) is 10.4. The minimum absolute atomic E-state index is 0.102. The standard InChI is InChI=1S/C11H15NO5S/c1-6(2)10(11(15)16)18-5-9(14)12-8(13)4-7(3)17-12/h4,6,10H,5H2,1-3H3,(H,15,16). The maximum atomic E-state index is 11.7. The van der Waals surface area contributed by atoms with E-state index in [0.29, 0.717) is 10.5 Å². The fourth-order valence-corrected chi connectivity index (χ4v) is 2.36. The first kappa shape index (κ1) is 14.6. The SMILES string of the molecule is Cc1cc(=O)n(C(=O)CSC(C(=O)O)C(C)C)o1. The van der Waals surface area contributed by atoms with E-state index < -0.39 is 22.7 Å². The molecular weight excluding hydrogens is 258 g/mol. The molecule has 0 aromatic carbocycles.